The average molecular weight is 282 g/mol. The van der Waals surface area contributed by atoms with Gasteiger partial charge in [-0.2, -0.15) is 0 Å². The van der Waals surface area contributed by atoms with E-state index in [1.807, 2.05) is 22.7 Å². The molecule has 0 aromatic carbocycles. The number of rotatable bonds is 2. The van der Waals surface area contributed by atoms with Gasteiger partial charge in [-0.1, -0.05) is 0 Å². The van der Waals surface area contributed by atoms with Crippen molar-refractivity contribution in [3.05, 3.63) is 29.1 Å². The number of imidazole rings is 1. The number of ether oxygens (including phenoxy) is 1. The lowest BCUT2D eigenvalue weighted by molar-refractivity contribution is 0.195. The second-order valence-electron chi connectivity index (χ2n) is 3.93. The summed E-state index contributed by atoms with van der Waals surface area (Å²) in [7, 11) is 0. The van der Waals surface area contributed by atoms with Gasteiger partial charge in [0.25, 0.3) is 0 Å². The number of anilines is 1. The van der Waals surface area contributed by atoms with E-state index < -0.39 is 0 Å². The summed E-state index contributed by atoms with van der Waals surface area (Å²) in [5.41, 5.74) is 2.04. The van der Waals surface area contributed by atoms with Crippen LogP contribution < -0.4 is 5.32 Å². The quantitative estimate of drug-likeness (QED) is 0.918. The van der Waals surface area contributed by atoms with Crippen molar-refractivity contribution in [2.45, 2.75) is 12.5 Å². The first-order valence-corrected chi connectivity index (χ1v) is 6.09. The van der Waals surface area contributed by atoms with Crippen molar-refractivity contribution < 1.29 is 4.74 Å². The lowest BCUT2D eigenvalue weighted by Crippen LogP contribution is -2.19. The summed E-state index contributed by atoms with van der Waals surface area (Å²) in [5.74, 6) is 0. The van der Waals surface area contributed by atoms with Crippen molar-refractivity contribution in [1.82, 2.24) is 9.38 Å². The van der Waals surface area contributed by atoms with E-state index in [1.165, 1.54) is 0 Å². The van der Waals surface area contributed by atoms with Crippen molar-refractivity contribution in [3.63, 3.8) is 0 Å². The zero-order valence-corrected chi connectivity index (χ0v) is 10.3. The minimum absolute atomic E-state index is 0.430. The molecular formula is C11H12BrN3O. The Kier molecular flexibility index (Phi) is 2.57. The summed E-state index contributed by atoms with van der Waals surface area (Å²) in [5, 5.41) is 3.46. The maximum atomic E-state index is 5.33. The monoisotopic (exact) mass is 281 g/mol. The lowest BCUT2D eigenvalue weighted by atomic mass is 10.2. The van der Waals surface area contributed by atoms with E-state index in [1.54, 1.807) is 6.20 Å². The van der Waals surface area contributed by atoms with Crippen LogP contribution in [0.5, 0.6) is 0 Å². The number of fused-ring (bicyclic) bond motifs is 1. The highest BCUT2D eigenvalue weighted by atomic mass is 79.9. The van der Waals surface area contributed by atoms with Crippen LogP contribution in [-0.4, -0.2) is 28.6 Å². The van der Waals surface area contributed by atoms with Gasteiger partial charge in [-0.15, -0.1) is 0 Å². The molecule has 2 aromatic heterocycles. The van der Waals surface area contributed by atoms with Crippen LogP contribution in [0.2, 0.25) is 0 Å². The molecule has 0 aliphatic carbocycles. The average Bonchev–Trinajstić information content (AvgIpc) is 2.90. The fourth-order valence-electron chi connectivity index (χ4n) is 1.92. The highest BCUT2D eigenvalue weighted by molar-refractivity contribution is 9.10. The molecule has 0 spiro atoms. The summed E-state index contributed by atoms with van der Waals surface area (Å²) < 4.78 is 8.31. The maximum Gasteiger partial charge on any atom is 0.137 e. The van der Waals surface area contributed by atoms with Gasteiger partial charge in [-0.25, -0.2) is 4.98 Å². The van der Waals surface area contributed by atoms with Crippen molar-refractivity contribution in [3.8, 4) is 0 Å². The molecule has 1 atom stereocenters. The summed E-state index contributed by atoms with van der Waals surface area (Å²) in [4.78, 5) is 4.25. The highest BCUT2D eigenvalue weighted by Crippen LogP contribution is 2.18. The van der Waals surface area contributed by atoms with Crippen LogP contribution >= 0.6 is 15.9 Å². The number of nitrogens with zero attached hydrogens (tertiary/aromatic N) is 2. The first-order valence-electron chi connectivity index (χ1n) is 5.30. The van der Waals surface area contributed by atoms with E-state index in [0.717, 1.165) is 35.6 Å². The zero-order valence-electron chi connectivity index (χ0n) is 8.69. The Morgan fingerprint density at radius 1 is 1.50 bits per heavy atom. The molecule has 0 bridgehead atoms. The Morgan fingerprint density at radius 2 is 2.44 bits per heavy atom. The number of hydrogen-bond donors (Lipinski definition) is 1. The first kappa shape index (κ1) is 10.1. The van der Waals surface area contributed by atoms with Gasteiger partial charge >= 0.3 is 0 Å². The predicted octanol–water partition coefficient (Wildman–Crippen LogP) is 2.30. The third kappa shape index (κ3) is 1.81. The van der Waals surface area contributed by atoms with Crippen LogP contribution in [0.4, 0.5) is 5.69 Å². The molecule has 84 valence electrons. The molecule has 16 heavy (non-hydrogen) atoms. The van der Waals surface area contributed by atoms with Crippen molar-refractivity contribution >= 4 is 27.3 Å². The fourth-order valence-corrected chi connectivity index (χ4v) is 2.31. The summed E-state index contributed by atoms with van der Waals surface area (Å²) >= 11 is 3.46. The molecule has 0 radical (unpaired) electrons. The third-order valence-corrected chi connectivity index (χ3v) is 3.35. The van der Waals surface area contributed by atoms with E-state index in [4.69, 9.17) is 4.74 Å². The second-order valence-corrected chi connectivity index (χ2v) is 4.74. The third-order valence-electron chi connectivity index (χ3n) is 2.76. The molecule has 3 heterocycles. The van der Waals surface area contributed by atoms with Gasteiger partial charge in [0.2, 0.25) is 0 Å². The van der Waals surface area contributed by atoms with Crippen LogP contribution in [0, 0.1) is 0 Å². The molecule has 0 amide bonds. The molecule has 1 unspecified atom stereocenters. The van der Waals surface area contributed by atoms with Crippen LogP contribution in [0.25, 0.3) is 5.65 Å². The predicted molar refractivity (Wildman–Crippen MR) is 65.7 cm³/mol. The second kappa shape index (κ2) is 4.07. The summed E-state index contributed by atoms with van der Waals surface area (Å²) in [6.45, 7) is 1.65. The smallest absolute Gasteiger partial charge is 0.137 e. The Hall–Kier alpha value is -1.07. The van der Waals surface area contributed by atoms with Crippen LogP contribution in [0.3, 0.4) is 0 Å². The maximum absolute atomic E-state index is 5.33. The first-order chi connectivity index (χ1) is 7.83. The molecular weight excluding hydrogens is 270 g/mol. The van der Waals surface area contributed by atoms with E-state index >= 15 is 0 Å². The Morgan fingerprint density at radius 3 is 3.25 bits per heavy atom. The zero-order chi connectivity index (χ0) is 11.0. The Bertz CT molecular complexity index is 505. The topological polar surface area (TPSA) is 38.6 Å². The normalized spacial score (nSPS) is 20.4. The van der Waals surface area contributed by atoms with Crippen LogP contribution in [0.15, 0.2) is 29.1 Å². The minimum atomic E-state index is 0.430. The number of hydrogen-bond acceptors (Lipinski definition) is 3. The molecule has 5 heteroatoms. The Labute approximate surface area is 102 Å². The Balaban J connectivity index is 1.88. The molecule has 1 aliphatic heterocycles. The van der Waals surface area contributed by atoms with Gasteiger partial charge in [-0.3, -0.25) is 4.40 Å². The van der Waals surface area contributed by atoms with Gasteiger partial charge in [0.15, 0.2) is 0 Å². The summed E-state index contributed by atoms with van der Waals surface area (Å²) in [6, 6.07) is 4.48. The van der Waals surface area contributed by atoms with Crippen LogP contribution in [0.1, 0.15) is 6.42 Å². The van der Waals surface area contributed by atoms with E-state index in [2.05, 4.69) is 26.2 Å². The minimum Gasteiger partial charge on any atom is -0.379 e. The number of pyridine rings is 1. The number of aromatic nitrogens is 2. The van der Waals surface area contributed by atoms with E-state index in [9.17, 15) is 0 Å². The van der Waals surface area contributed by atoms with Gasteiger partial charge in [-0.05, 0) is 34.5 Å². The molecule has 1 aliphatic rings. The van der Waals surface area contributed by atoms with Crippen LogP contribution in [-0.2, 0) is 4.74 Å². The lowest BCUT2D eigenvalue weighted by Gasteiger charge is -2.12. The van der Waals surface area contributed by atoms with Crippen molar-refractivity contribution in [2.24, 2.45) is 0 Å². The molecule has 2 aromatic rings. The van der Waals surface area contributed by atoms with E-state index in [0.29, 0.717) is 6.04 Å². The number of halogens is 1. The van der Waals surface area contributed by atoms with Crippen molar-refractivity contribution in [2.75, 3.05) is 18.5 Å². The SMILES string of the molecule is Brc1cnc2ccc(NC3CCOC3)cn12. The van der Waals surface area contributed by atoms with Gasteiger partial charge in [0, 0.05) is 12.8 Å². The number of nitrogens with one attached hydrogen (secondary N) is 1. The highest BCUT2D eigenvalue weighted by Gasteiger charge is 2.15. The molecule has 0 saturated carbocycles. The molecule has 1 fully saturated rings. The van der Waals surface area contributed by atoms with E-state index in [-0.39, 0.29) is 0 Å². The molecule has 1 saturated heterocycles. The van der Waals surface area contributed by atoms with Gasteiger partial charge < -0.3 is 10.1 Å². The molecule has 1 N–H and O–H groups in total. The van der Waals surface area contributed by atoms with Crippen molar-refractivity contribution in [1.29, 1.82) is 0 Å². The summed E-state index contributed by atoms with van der Waals surface area (Å²) in [6.07, 6.45) is 4.92. The molecule has 3 rings (SSSR count). The standard InChI is InChI=1S/C11H12BrN3O/c12-10-5-13-11-2-1-8(6-15(10)11)14-9-3-4-16-7-9/h1-2,5-6,9,14H,3-4,7H2. The fraction of sp³-hybridized carbons (Fsp3) is 0.364. The van der Waals surface area contributed by atoms with Gasteiger partial charge in [0.1, 0.15) is 10.3 Å². The van der Waals surface area contributed by atoms with Gasteiger partial charge in [0.05, 0.1) is 24.5 Å². The molecule has 4 nitrogen and oxygen atoms in total. The largest absolute Gasteiger partial charge is 0.379 e.